The van der Waals surface area contributed by atoms with E-state index in [0.29, 0.717) is 12.8 Å². The monoisotopic (exact) mass is 266 g/mol. The van der Waals surface area contributed by atoms with Crippen LogP contribution in [0.4, 0.5) is 5.69 Å². The Labute approximate surface area is 109 Å². The van der Waals surface area contributed by atoms with E-state index in [-0.39, 0.29) is 22.9 Å². The Bertz CT molecular complexity index is 501. The molecule has 0 spiro atoms. The third kappa shape index (κ3) is 3.77. The molecule has 7 nitrogen and oxygen atoms in total. The van der Waals surface area contributed by atoms with E-state index in [1.165, 1.54) is 19.1 Å². The predicted octanol–water partition coefficient (Wildman–Crippen LogP) is 1.31. The molecule has 1 aromatic carbocycles. The summed E-state index contributed by atoms with van der Waals surface area (Å²) >= 11 is 0. The highest BCUT2D eigenvalue weighted by Gasteiger charge is 2.21. The van der Waals surface area contributed by atoms with Gasteiger partial charge in [-0.2, -0.15) is 0 Å². The number of hydrogen-bond donors (Lipinski definition) is 1. The van der Waals surface area contributed by atoms with Crippen molar-refractivity contribution < 1.29 is 19.2 Å². The van der Waals surface area contributed by atoms with Crippen molar-refractivity contribution >= 4 is 17.9 Å². The number of carbonyl (C=O) groups is 2. The SMILES string of the molecule is CCNC(=O)C(C)Oc1ccc(C=O)cc1[N+](=O)[O-]. The summed E-state index contributed by atoms with van der Waals surface area (Å²) in [7, 11) is 0. The third-order valence-corrected chi connectivity index (χ3v) is 2.34. The highest BCUT2D eigenvalue weighted by atomic mass is 16.6. The molecule has 7 heteroatoms. The lowest BCUT2D eigenvalue weighted by molar-refractivity contribution is -0.386. The zero-order valence-electron chi connectivity index (χ0n) is 10.6. The Morgan fingerprint density at radius 3 is 2.79 bits per heavy atom. The summed E-state index contributed by atoms with van der Waals surface area (Å²) in [6.07, 6.45) is -0.356. The minimum atomic E-state index is -0.860. The summed E-state index contributed by atoms with van der Waals surface area (Å²) in [4.78, 5) is 32.3. The lowest BCUT2D eigenvalue weighted by atomic mass is 10.2. The van der Waals surface area contributed by atoms with Crippen LogP contribution < -0.4 is 10.1 Å². The summed E-state index contributed by atoms with van der Waals surface area (Å²) in [5, 5.41) is 13.4. The molecule has 1 N–H and O–H groups in total. The number of rotatable bonds is 6. The second-order valence-corrected chi connectivity index (χ2v) is 3.76. The van der Waals surface area contributed by atoms with E-state index in [4.69, 9.17) is 4.74 Å². The summed E-state index contributed by atoms with van der Waals surface area (Å²) in [5.41, 5.74) is -0.175. The molecular formula is C12H14N2O5. The standard InChI is InChI=1S/C12H14N2O5/c1-3-13-12(16)8(2)19-11-5-4-9(7-15)6-10(11)14(17)18/h4-8H,3H2,1-2H3,(H,13,16). The zero-order valence-corrected chi connectivity index (χ0v) is 10.6. The Morgan fingerprint density at radius 2 is 2.26 bits per heavy atom. The maximum atomic E-state index is 11.5. The fourth-order valence-electron chi connectivity index (χ4n) is 1.41. The molecule has 0 heterocycles. The molecule has 0 aliphatic heterocycles. The van der Waals surface area contributed by atoms with Crippen molar-refractivity contribution in [3.05, 3.63) is 33.9 Å². The number of nitrogens with one attached hydrogen (secondary N) is 1. The first-order valence-electron chi connectivity index (χ1n) is 5.67. The van der Waals surface area contributed by atoms with Crippen LogP contribution in [0.1, 0.15) is 24.2 Å². The van der Waals surface area contributed by atoms with Gasteiger partial charge >= 0.3 is 5.69 Å². The largest absolute Gasteiger partial charge is 0.474 e. The Kier molecular flexibility index (Phi) is 4.99. The molecule has 0 radical (unpaired) electrons. The van der Waals surface area contributed by atoms with Gasteiger partial charge in [0.05, 0.1) is 4.92 Å². The Balaban J connectivity index is 2.97. The molecular weight excluding hydrogens is 252 g/mol. The van der Waals surface area contributed by atoms with E-state index in [2.05, 4.69) is 5.32 Å². The normalized spacial score (nSPS) is 11.5. The van der Waals surface area contributed by atoms with Gasteiger partial charge in [0.15, 0.2) is 11.9 Å². The zero-order chi connectivity index (χ0) is 14.4. The topological polar surface area (TPSA) is 98.5 Å². The van der Waals surface area contributed by atoms with Gasteiger partial charge in [0.25, 0.3) is 5.91 Å². The highest BCUT2D eigenvalue weighted by molar-refractivity contribution is 5.81. The molecule has 102 valence electrons. The van der Waals surface area contributed by atoms with E-state index in [9.17, 15) is 19.7 Å². The van der Waals surface area contributed by atoms with Crippen LogP contribution in [0.25, 0.3) is 0 Å². The van der Waals surface area contributed by atoms with E-state index < -0.39 is 11.0 Å². The van der Waals surface area contributed by atoms with Crippen LogP contribution in [0.2, 0.25) is 0 Å². The van der Waals surface area contributed by atoms with Gasteiger partial charge in [-0.05, 0) is 26.0 Å². The fourth-order valence-corrected chi connectivity index (χ4v) is 1.41. The smallest absolute Gasteiger partial charge is 0.311 e. The molecule has 19 heavy (non-hydrogen) atoms. The van der Waals surface area contributed by atoms with E-state index in [1.54, 1.807) is 6.92 Å². The van der Waals surface area contributed by atoms with E-state index >= 15 is 0 Å². The van der Waals surface area contributed by atoms with Crippen LogP contribution in [-0.2, 0) is 4.79 Å². The molecule has 0 fully saturated rings. The first-order valence-corrected chi connectivity index (χ1v) is 5.67. The Morgan fingerprint density at radius 1 is 1.58 bits per heavy atom. The number of nitrogens with zero attached hydrogens (tertiary/aromatic N) is 1. The molecule has 1 rings (SSSR count). The van der Waals surface area contributed by atoms with Gasteiger partial charge in [-0.3, -0.25) is 19.7 Å². The lowest BCUT2D eigenvalue weighted by Crippen LogP contribution is -2.36. The Hall–Kier alpha value is -2.44. The predicted molar refractivity (Wildman–Crippen MR) is 67.3 cm³/mol. The first kappa shape index (κ1) is 14.6. The van der Waals surface area contributed by atoms with Crippen molar-refractivity contribution in [2.24, 2.45) is 0 Å². The fraction of sp³-hybridized carbons (Fsp3) is 0.333. The molecule has 1 amide bonds. The first-order chi connectivity index (χ1) is 8.99. The average Bonchev–Trinajstić information content (AvgIpc) is 2.39. The number of amides is 1. The summed E-state index contributed by atoms with van der Waals surface area (Å²) < 4.78 is 5.25. The molecule has 0 saturated carbocycles. The minimum Gasteiger partial charge on any atom is -0.474 e. The van der Waals surface area contributed by atoms with Crippen molar-refractivity contribution in [2.75, 3.05) is 6.54 Å². The van der Waals surface area contributed by atoms with Crippen LogP contribution in [0, 0.1) is 10.1 Å². The number of aldehydes is 1. The van der Waals surface area contributed by atoms with Crippen molar-refractivity contribution in [3.63, 3.8) is 0 Å². The van der Waals surface area contributed by atoms with Crippen LogP contribution in [-0.4, -0.2) is 29.8 Å². The molecule has 1 aromatic rings. The molecule has 0 bridgehead atoms. The van der Waals surface area contributed by atoms with Crippen LogP contribution in [0.3, 0.4) is 0 Å². The summed E-state index contributed by atoms with van der Waals surface area (Å²) in [5.74, 6) is -0.411. The summed E-state index contributed by atoms with van der Waals surface area (Å²) in [6.45, 7) is 3.69. The second-order valence-electron chi connectivity index (χ2n) is 3.76. The maximum Gasteiger partial charge on any atom is 0.311 e. The second kappa shape index (κ2) is 6.48. The van der Waals surface area contributed by atoms with Gasteiger partial charge in [-0.25, -0.2) is 0 Å². The number of nitro benzene ring substituents is 1. The van der Waals surface area contributed by atoms with E-state index in [1.807, 2.05) is 0 Å². The maximum absolute atomic E-state index is 11.5. The molecule has 1 atom stereocenters. The number of nitro groups is 1. The molecule has 0 aromatic heterocycles. The van der Waals surface area contributed by atoms with Gasteiger partial charge in [0.1, 0.15) is 6.29 Å². The molecule has 0 saturated heterocycles. The molecule has 0 aliphatic rings. The number of likely N-dealkylation sites (N-methyl/N-ethyl adjacent to an activating group) is 1. The van der Waals surface area contributed by atoms with Gasteiger partial charge in [0.2, 0.25) is 0 Å². The number of carbonyl (C=O) groups excluding carboxylic acids is 2. The average molecular weight is 266 g/mol. The third-order valence-electron chi connectivity index (χ3n) is 2.34. The van der Waals surface area contributed by atoms with E-state index in [0.717, 1.165) is 6.07 Å². The van der Waals surface area contributed by atoms with Crippen molar-refractivity contribution in [2.45, 2.75) is 20.0 Å². The van der Waals surface area contributed by atoms with Gasteiger partial charge in [-0.1, -0.05) is 0 Å². The number of benzene rings is 1. The number of ether oxygens (including phenoxy) is 1. The van der Waals surface area contributed by atoms with Gasteiger partial charge in [0, 0.05) is 18.2 Å². The van der Waals surface area contributed by atoms with Crippen molar-refractivity contribution in [1.82, 2.24) is 5.32 Å². The van der Waals surface area contributed by atoms with Gasteiger partial charge in [-0.15, -0.1) is 0 Å². The van der Waals surface area contributed by atoms with Crippen molar-refractivity contribution in [1.29, 1.82) is 0 Å². The minimum absolute atomic E-state index is 0.0469. The van der Waals surface area contributed by atoms with Crippen LogP contribution in [0.5, 0.6) is 5.75 Å². The number of hydrogen-bond acceptors (Lipinski definition) is 5. The van der Waals surface area contributed by atoms with Crippen molar-refractivity contribution in [3.8, 4) is 5.75 Å². The van der Waals surface area contributed by atoms with Crippen LogP contribution in [0.15, 0.2) is 18.2 Å². The lowest BCUT2D eigenvalue weighted by Gasteiger charge is -2.14. The highest BCUT2D eigenvalue weighted by Crippen LogP contribution is 2.28. The van der Waals surface area contributed by atoms with Gasteiger partial charge < -0.3 is 10.1 Å². The van der Waals surface area contributed by atoms with Crippen LogP contribution >= 0.6 is 0 Å². The quantitative estimate of drug-likeness (QED) is 0.475. The molecule has 0 aliphatic carbocycles. The summed E-state index contributed by atoms with van der Waals surface area (Å²) in [6, 6.07) is 3.80. The molecule has 1 unspecified atom stereocenters.